The zero-order valence-electron chi connectivity index (χ0n) is 17.5. The van der Waals surface area contributed by atoms with Gasteiger partial charge in [0, 0.05) is 23.8 Å². The minimum Gasteiger partial charge on any atom is -0.510 e. The van der Waals surface area contributed by atoms with Crippen molar-refractivity contribution in [3.63, 3.8) is 0 Å². The summed E-state index contributed by atoms with van der Waals surface area (Å²) in [7, 11) is 3.26. The van der Waals surface area contributed by atoms with E-state index in [1.54, 1.807) is 25.1 Å². The van der Waals surface area contributed by atoms with Crippen molar-refractivity contribution in [2.45, 2.75) is 37.0 Å². The van der Waals surface area contributed by atoms with Gasteiger partial charge in [0.1, 0.15) is 22.9 Å². The summed E-state index contributed by atoms with van der Waals surface area (Å²) in [5, 5.41) is 55.0. The molecule has 4 rings (SSSR count). The summed E-state index contributed by atoms with van der Waals surface area (Å²) in [4.78, 5) is 27.2. The van der Waals surface area contributed by atoms with E-state index in [0.717, 1.165) is 0 Å². The van der Waals surface area contributed by atoms with Crippen LogP contribution in [0.2, 0.25) is 0 Å². The second kappa shape index (κ2) is 6.56. The number of Topliss-reactive ketones (excluding diaryl/α,β-unsaturated/α-hetero) is 1. The first-order chi connectivity index (χ1) is 14.3. The summed E-state index contributed by atoms with van der Waals surface area (Å²) < 4.78 is 0. The first-order valence-corrected chi connectivity index (χ1v) is 9.97. The highest BCUT2D eigenvalue weighted by atomic mass is 16.3. The molecule has 9 heteroatoms. The molecular weight excluding hydrogens is 404 g/mol. The van der Waals surface area contributed by atoms with Crippen LogP contribution in [0.1, 0.15) is 30.9 Å². The lowest BCUT2D eigenvalue weighted by Gasteiger charge is -2.53. The summed E-state index contributed by atoms with van der Waals surface area (Å²) in [6.45, 7) is 1.48. The molecule has 5 atom stereocenters. The third-order valence-electron chi connectivity index (χ3n) is 7.12. The quantitative estimate of drug-likeness (QED) is 0.394. The molecule has 31 heavy (non-hydrogen) atoms. The van der Waals surface area contributed by atoms with Crippen molar-refractivity contribution in [3.05, 3.63) is 46.2 Å². The normalized spacial score (nSPS) is 35.0. The van der Waals surface area contributed by atoms with Crippen molar-refractivity contribution in [2.24, 2.45) is 17.6 Å². The van der Waals surface area contributed by atoms with Crippen molar-refractivity contribution in [1.82, 2.24) is 4.90 Å². The number of carbonyl (C=O) groups is 2. The lowest BCUT2D eigenvalue weighted by molar-refractivity contribution is -0.157. The Labute approximate surface area is 178 Å². The Kier molecular flexibility index (Phi) is 4.52. The molecule has 9 nitrogen and oxygen atoms in total. The number of carbonyl (C=O) groups excluding carboxylic acids is 2. The molecule has 3 aliphatic rings. The van der Waals surface area contributed by atoms with Gasteiger partial charge in [0.05, 0.1) is 22.8 Å². The molecule has 1 aromatic carbocycles. The number of primary amides is 1. The number of benzene rings is 1. The predicted octanol–water partition coefficient (Wildman–Crippen LogP) is 0.450. The van der Waals surface area contributed by atoms with Crippen molar-refractivity contribution in [1.29, 1.82) is 0 Å². The Bertz CT molecular complexity index is 1070. The van der Waals surface area contributed by atoms with Gasteiger partial charge in [-0.2, -0.15) is 0 Å². The highest BCUT2D eigenvalue weighted by Gasteiger charge is 2.63. The molecule has 0 heterocycles. The van der Waals surface area contributed by atoms with Gasteiger partial charge < -0.3 is 31.3 Å². The number of hydrogen-bond acceptors (Lipinski definition) is 8. The number of nitrogens with zero attached hydrogens (tertiary/aromatic N) is 1. The molecule has 0 spiro atoms. The van der Waals surface area contributed by atoms with E-state index in [9.17, 15) is 35.1 Å². The van der Waals surface area contributed by atoms with Crippen LogP contribution in [0.15, 0.2) is 35.1 Å². The van der Waals surface area contributed by atoms with E-state index in [-0.39, 0.29) is 40.2 Å². The molecule has 1 amide bonds. The number of nitrogens with two attached hydrogens (primary N) is 1. The number of aliphatic hydroxyl groups is 4. The van der Waals surface area contributed by atoms with E-state index in [4.69, 9.17) is 5.73 Å². The Hall–Kier alpha value is -2.88. The Morgan fingerprint density at radius 2 is 1.84 bits per heavy atom. The Morgan fingerprint density at radius 1 is 1.19 bits per heavy atom. The predicted molar refractivity (Wildman–Crippen MR) is 110 cm³/mol. The molecular formula is C22H26N2O7. The number of aliphatic hydroxyl groups excluding tert-OH is 2. The molecule has 1 aromatic rings. The van der Waals surface area contributed by atoms with Gasteiger partial charge in [-0.25, -0.2) is 0 Å². The molecule has 7 N–H and O–H groups in total. The van der Waals surface area contributed by atoms with Crippen LogP contribution in [0.25, 0.3) is 5.76 Å². The fourth-order valence-electron chi connectivity index (χ4n) is 5.59. The Balaban J connectivity index is 1.98. The number of amides is 1. The second-order valence-corrected chi connectivity index (χ2v) is 9.07. The summed E-state index contributed by atoms with van der Waals surface area (Å²) in [6.07, 6.45) is -0.482. The second-order valence-electron chi connectivity index (χ2n) is 9.07. The van der Waals surface area contributed by atoms with Gasteiger partial charge in [-0.3, -0.25) is 14.5 Å². The number of rotatable bonds is 2. The lowest BCUT2D eigenvalue weighted by atomic mass is 9.54. The maximum Gasteiger partial charge on any atom is 0.248 e. The number of hydrogen-bond donors (Lipinski definition) is 6. The van der Waals surface area contributed by atoms with Gasteiger partial charge in [-0.1, -0.05) is 12.1 Å². The summed E-state index contributed by atoms with van der Waals surface area (Å²) in [5.41, 5.74) is 1.34. The van der Waals surface area contributed by atoms with Crippen LogP contribution in [0, 0.1) is 11.8 Å². The van der Waals surface area contributed by atoms with Crippen LogP contribution in [0.5, 0.6) is 5.75 Å². The van der Waals surface area contributed by atoms with Crippen LogP contribution < -0.4 is 5.73 Å². The van der Waals surface area contributed by atoms with Crippen LogP contribution in [-0.4, -0.2) is 67.9 Å². The molecule has 1 fully saturated rings. The van der Waals surface area contributed by atoms with Gasteiger partial charge in [-0.05, 0) is 39.1 Å². The van der Waals surface area contributed by atoms with Gasteiger partial charge in [0.2, 0.25) is 5.91 Å². The van der Waals surface area contributed by atoms with E-state index in [2.05, 4.69) is 0 Å². The Morgan fingerprint density at radius 3 is 2.42 bits per heavy atom. The number of aromatic hydroxyl groups is 1. The number of likely N-dealkylation sites (N-methyl/N-ethyl adjacent to an activating group) is 1. The number of phenols is 1. The summed E-state index contributed by atoms with van der Waals surface area (Å²) in [6, 6.07) is 3.50. The summed E-state index contributed by atoms with van der Waals surface area (Å²) >= 11 is 0. The van der Waals surface area contributed by atoms with Gasteiger partial charge in [0.25, 0.3) is 0 Å². The third kappa shape index (κ3) is 2.67. The average molecular weight is 430 g/mol. The van der Waals surface area contributed by atoms with Gasteiger partial charge >= 0.3 is 0 Å². The van der Waals surface area contributed by atoms with Crippen LogP contribution in [0.4, 0.5) is 0 Å². The minimum atomic E-state index is -2.14. The van der Waals surface area contributed by atoms with Crippen LogP contribution >= 0.6 is 0 Å². The summed E-state index contributed by atoms with van der Waals surface area (Å²) in [5.74, 6) is -4.75. The number of phenolic OH excluding ortho intramolecular Hbond substituents is 1. The molecule has 0 aliphatic heterocycles. The van der Waals surface area contributed by atoms with E-state index >= 15 is 0 Å². The van der Waals surface area contributed by atoms with Crippen molar-refractivity contribution in [3.8, 4) is 5.75 Å². The minimum absolute atomic E-state index is 0.0304. The maximum absolute atomic E-state index is 13.6. The lowest BCUT2D eigenvalue weighted by Crippen LogP contribution is -2.64. The topological polar surface area (TPSA) is 165 Å². The van der Waals surface area contributed by atoms with E-state index < -0.39 is 53.0 Å². The fourth-order valence-corrected chi connectivity index (χ4v) is 5.59. The first kappa shape index (κ1) is 21.4. The van der Waals surface area contributed by atoms with Crippen molar-refractivity contribution < 1.29 is 35.1 Å². The maximum atomic E-state index is 13.6. The fraction of sp³-hybridized carbons (Fsp3) is 0.455. The zero-order chi connectivity index (χ0) is 23.0. The molecule has 1 saturated carbocycles. The smallest absolute Gasteiger partial charge is 0.248 e. The molecule has 3 aliphatic carbocycles. The van der Waals surface area contributed by atoms with Crippen molar-refractivity contribution >= 4 is 17.4 Å². The molecule has 166 valence electrons. The average Bonchev–Trinajstić information content (AvgIpc) is 2.67. The number of ketones is 1. The van der Waals surface area contributed by atoms with Crippen molar-refractivity contribution in [2.75, 3.05) is 14.1 Å². The molecule has 2 unspecified atom stereocenters. The first-order valence-electron chi connectivity index (χ1n) is 9.97. The van der Waals surface area contributed by atoms with Crippen LogP contribution in [0.3, 0.4) is 0 Å². The van der Waals surface area contributed by atoms with Gasteiger partial charge in [0.15, 0.2) is 5.78 Å². The molecule has 0 bridgehead atoms. The van der Waals surface area contributed by atoms with E-state index in [1.807, 2.05) is 0 Å². The molecule has 0 radical (unpaired) electrons. The highest BCUT2D eigenvalue weighted by Crippen LogP contribution is 2.57. The third-order valence-corrected chi connectivity index (χ3v) is 7.12. The highest BCUT2D eigenvalue weighted by molar-refractivity contribution is 6.10. The van der Waals surface area contributed by atoms with E-state index in [1.165, 1.54) is 19.1 Å². The monoisotopic (exact) mass is 430 g/mol. The van der Waals surface area contributed by atoms with Crippen LogP contribution in [-0.2, 0) is 15.2 Å². The SMILES string of the molecule is CN(C)[C@@H]1C(O)=C(C(N)=O)C[C@@]2(O)C(=O)C3=C(O)c4c(O)cccc4[C@@](C)(O)C3CC12. The molecule has 0 saturated heterocycles. The largest absolute Gasteiger partial charge is 0.510 e. The number of fused-ring (bicyclic) bond motifs is 3. The standard InChI is InChI=1S/C22H26N2O7/c1-21(30)10-5-4-6-13(25)14(10)18(27)15-11(21)7-12-16(24(2)3)17(26)9(20(23)29)8-22(12,31)19(15)28/h4-6,11-12,16,25-27,30-31H,7-8H2,1-3H3,(H2,23,29)/t11?,12?,16-,21+,22-/m0/s1. The van der Waals surface area contributed by atoms with E-state index in [0.29, 0.717) is 0 Å². The van der Waals surface area contributed by atoms with Gasteiger partial charge in [-0.15, -0.1) is 0 Å². The molecule has 0 aromatic heterocycles. The zero-order valence-corrected chi connectivity index (χ0v) is 17.5.